The number of aryl methyl sites for hydroxylation is 2. The molecule has 0 fully saturated rings. The second-order valence-corrected chi connectivity index (χ2v) is 6.22. The topological polar surface area (TPSA) is 12.0 Å². The molecule has 0 aromatic heterocycles. The van der Waals surface area contributed by atoms with Crippen LogP contribution in [0.5, 0.6) is 0 Å². The lowest BCUT2D eigenvalue weighted by atomic mass is 9.94. The van der Waals surface area contributed by atoms with Crippen molar-refractivity contribution in [2.45, 2.75) is 33.2 Å². The molecule has 0 aliphatic rings. The largest absolute Gasteiger partial charge is 0.310 e. The van der Waals surface area contributed by atoms with Gasteiger partial charge in [-0.15, -0.1) is 0 Å². The highest BCUT2D eigenvalue weighted by molar-refractivity contribution is 9.10. The smallest absolute Gasteiger partial charge is 0.0363 e. The van der Waals surface area contributed by atoms with Gasteiger partial charge in [-0.05, 0) is 55.6 Å². The van der Waals surface area contributed by atoms with Crippen molar-refractivity contribution in [2.24, 2.45) is 0 Å². The van der Waals surface area contributed by atoms with Crippen LogP contribution in [0.4, 0.5) is 0 Å². The molecule has 0 aliphatic carbocycles. The van der Waals surface area contributed by atoms with Gasteiger partial charge in [0.05, 0.1) is 0 Å². The highest BCUT2D eigenvalue weighted by Crippen LogP contribution is 2.23. The summed E-state index contributed by atoms with van der Waals surface area (Å²) in [5.41, 5.74) is 5.46. The van der Waals surface area contributed by atoms with E-state index in [-0.39, 0.29) is 0 Å². The molecule has 20 heavy (non-hydrogen) atoms. The molecule has 0 spiro atoms. The van der Waals surface area contributed by atoms with Gasteiger partial charge in [0.1, 0.15) is 0 Å². The third kappa shape index (κ3) is 3.94. The predicted molar refractivity (Wildman–Crippen MR) is 90.2 cm³/mol. The molecular weight excluding hydrogens is 310 g/mol. The van der Waals surface area contributed by atoms with Crippen molar-refractivity contribution in [3.05, 3.63) is 69.2 Å². The Bertz CT molecular complexity index is 560. The Kier molecular flexibility index (Phi) is 5.38. The van der Waals surface area contributed by atoms with Crippen LogP contribution in [-0.4, -0.2) is 6.54 Å². The van der Waals surface area contributed by atoms with E-state index in [1.165, 1.54) is 22.3 Å². The second-order valence-electron chi connectivity index (χ2n) is 5.30. The van der Waals surface area contributed by atoms with Crippen molar-refractivity contribution >= 4 is 15.9 Å². The maximum absolute atomic E-state index is 3.61. The number of hydrogen-bond donors (Lipinski definition) is 1. The van der Waals surface area contributed by atoms with E-state index in [9.17, 15) is 0 Å². The first kappa shape index (κ1) is 15.3. The van der Waals surface area contributed by atoms with Gasteiger partial charge in [-0.1, -0.05) is 58.7 Å². The fraction of sp³-hybridized carbons (Fsp3) is 0.333. The Morgan fingerprint density at radius 2 is 1.75 bits per heavy atom. The monoisotopic (exact) mass is 331 g/mol. The highest BCUT2D eigenvalue weighted by atomic mass is 79.9. The summed E-state index contributed by atoms with van der Waals surface area (Å²) in [5.74, 6) is 0. The molecule has 0 bridgehead atoms. The number of halogens is 1. The molecule has 1 N–H and O–H groups in total. The summed E-state index contributed by atoms with van der Waals surface area (Å²) in [7, 11) is 0. The molecule has 1 unspecified atom stereocenters. The standard InChI is InChI=1S/C18H22BrN/c1-4-20-18(12-15-6-8-16(19)9-7-15)17-10-5-13(2)11-14(17)3/h5-11,18,20H,4,12H2,1-3H3. The Morgan fingerprint density at radius 3 is 2.35 bits per heavy atom. The summed E-state index contributed by atoms with van der Waals surface area (Å²) in [4.78, 5) is 0. The van der Waals surface area contributed by atoms with Gasteiger partial charge in [0.25, 0.3) is 0 Å². The molecule has 0 heterocycles. The summed E-state index contributed by atoms with van der Waals surface area (Å²) >= 11 is 3.49. The molecule has 2 rings (SSSR count). The number of hydrogen-bond acceptors (Lipinski definition) is 1. The van der Waals surface area contributed by atoms with Crippen molar-refractivity contribution in [1.29, 1.82) is 0 Å². The fourth-order valence-corrected chi connectivity index (χ4v) is 2.88. The molecule has 2 aromatic carbocycles. The van der Waals surface area contributed by atoms with Crippen LogP contribution < -0.4 is 5.32 Å². The van der Waals surface area contributed by atoms with Crippen LogP contribution in [0.1, 0.15) is 35.2 Å². The van der Waals surface area contributed by atoms with Gasteiger partial charge in [-0.25, -0.2) is 0 Å². The van der Waals surface area contributed by atoms with E-state index in [4.69, 9.17) is 0 Å². The van der Waals surface area contributed by atoms with E-state index in [1.54, 1.807) is 0 Å². The minimum atomic E-state index is 0.377. The van der Waals surface area contributed by atoms with Crippen molar-refractivity contribution in [2.75, 3.05) is 6.54 Å². The van der Waals surface area contributed by atoms with Gasteiger partial charge in [0, 0.05) is 10.5 Å². The Hall–Kier alpha value is -1.12. The number of rotatable bonds is 5. The van der Waals surface area contributed by atoms with Gasteiger partial charge in [0.15, 0.2) is 0 Å². The number of likely N-dealkylation sites (N-methyl/N-ethyl adjacent to an activating group) is 1. The Balaban J connectivity index is 2.24. The van der Waals surface area contributed by atoms with Crippen molar-refractivity contribution in [3.8, 4) is 0 Å². The quantitative estimate of drug-likeness (QED) is 0.816. The van der Waals surface area contributed by atoms with Gasteiger partial charge >= 0.3 is 0 Å². The molecule has 0 saturated heterocycles. The van der Waals surface area contributed by atoms with Crippen LogP contribution in [0.15, 0.2) is 46.9 Å². The van der Waals surface area contributed by atoms with Crippen molar-refractivity contribution in [3.63, 3.8) is 0 Å². The molecular formula is C18H22BrN. The lowest BCUT2D eigenvalue weighted by molar-refractivity contribution is 0.547. The third-order valence-corrected chi connectivity index (χ3v) is 4.13. The van der Waals surface area contributed by atoms with Crippen LogP contribution in [0.2, 0.25) is 0 Å². The molecule has 1 atom stereocenters. The minimum Gasteiger partial charge on any atom is -0.310 e. The van der Waals surface area contributed by atoms with E-state index in [0.29, 0.717) is 6.04 Å². The summed E-state index contributed by atoms with van der Waals surface area (Å²) in [6.07, 6.45) is 1.02. The summed E-state index contributed by atoms with van der Waals surface area (Å²) < 4.78 is 1.13. The van der Waals surface area contributed by atoms with Crippen molar-refractivity contribution in [1.82, 2.24) is 5.32 Å². The Labute approximate surface area is 130 Å². The first-order valence-electron chi connectivity index (χ1n) is 7.15. The van der Waals surface area contributed by atoms with E-state index in [0.717, 1.165) is 17.4 Å². The van der Waals surface area contributed by atoms with Crippen LogP contribution in [0.25, 0.3) is 0 Å². The van der Waals surface area contributed by atoms with Crippen LogP contribution in [0, 0.1) is 13.8 Å². The van der Waals surface area contributed by atoms with E-state index >= 15 is 0 Å². The molecule has 0 radical (unpaired) electrons. The van der Waals surface area contributed by atoms with Crippen LogP contribution in [0.3, 0.4) is 0 Å². The number of nitrogens with one attached hydrogen (secondary N) is 1. The molecule has 2 heteroatoms. The first-order valence-corrected chi connectivity index (χ1v) is 7.94. The third-order valence-electron chi connectivity index (χ3n) is 3.60. The fourth-order valence-electron chi connectivity index (χ4n) is 2.61. The normalized spacial score (nSPS) is 12.4. The summed E-state index contributed by atoms with van der Waals surface area (Å²) in [6, 6.07) is 15.7. The molecule has 0 saturated carbocycles. The molecule has 2 aromatic rings. The molecule has 1 nitrogen and oxygen atoms in total. The zero-order valence-corrected chi connectivity index (χ0v) is 14.0. The van der Waals surface area contributed by atoms with Gasteiger partial charge in [0.2, 0.25) is 0 Å². The van der Waals surface area contributed by atoms with E-state index < -0.39 is 0 Å². The summed E-state index contributed by atoms with van der Waals surface area (Å²) in [5, 5.41) is 3.61. The second kappa shape index (κ2) is 7.05. The maximum atomic E-state index is 3.61. The summed E-state index contributed by atoms with van der Waals surface area (Å²) in [6.45, 7) is 7.49. The maximum Gasteiger partial charge on any atom is 0.0363 e. The van der Waals surface area contributed by atoms with Gasteiger partial charge < -0.3 is 5.32 Å². The van der Waals surface area contributed by atoms with Gasteiger partial charge in [-0.2, -0.15) is 0 Å². The van der Waals surface area contributed by atoms with Crippen molar-refractivity contribution < 1.29 is 0 Å². The minimum absolute atomic E-state index is 0.377. The molecule has 0 aliphatic heterocycles. The van der Waals surface area contributed by atoms with Crippen LogP contribution >= 0.6 is 15.9 Å². The number of benzene rings is 2. The predicted octanol–water partition coefficient (Wildman–Crippen LogP) is 4.96. The van der Waals surface area contributed by atoms with E-state index in [2.05, 4.69) is 84.5 Å². The molecule has 106 valence electrons. The zero-order valence-electron chi connectivity index (χ0n) is 12.4. The lowest BCUT2D eigenvalue weighted by Gasteiger charge is -2.21. The van der Waals surface area contributed by atoms with Crippen LogP contribution in [-0.2, 0) is 6.42 Å². The first-order chi connectivity index (χ1) is 9.60. The average Bonchev–Trinajstić information content (AvgIpc) is 2.41. The SMILES string of the molecule is CCNC(Cc1ccc(Br)cc1)c1ccc(C)cc1C. The average molecular weight is 332 g/mol. The zero-order chi connectivity index (χ0) is 14.5. The van der Waals surface area contributed by atoms with Gasteiger partial charge in [-0.3, -0.25) is 0 Å². The highest BCUT2D eigenvalue weighted by Gasteiger charge is 2.13. The van der Waals surface area contributed by atoms with E-state index in [1.807, 2.05) is 0 Å². The lowest BCUT2D eigenvalue weighted by Crippen LogP contribution is -2.23. The Morgan fingerprint density at radius 1 is 1.05 bits per heavy atom. The molecule has 0 amide bonds.